The first kappa shape index (κ1) is 13.3. The smallest absolute Gasteiger partial charge is 0.383 e. The molecule has 1 rings (SSSR count). The molecule has 17 heavy (non-hydrogen) atoms. The average molecular weight is 259 g/mol. The summed E-state index contributed by atoms with van der Waals surface area (Å²) in [5.41, 5.74) is 1.88. The molecule has 0 aliphatic carbocycles. The summed E-state index contributed by atoms with van der Waals surface area (Å²) in [4.78, 5) is 21.5. The van der Waals surface area contributed by atoms with Crippen LogP contribution >= 0.6 is 11.6 Å². The van der Waals surface area contributed by atoms with Crippen LogP contribution in [0.1, 0.15) is 6.42 Å². The van der Waals surface area contributed by atoms with Gasteiger partial charge in [-0.2, -0.15) is 0 Å². The van der Waals surface area contributed by atoms with Crippen molar-refractivity contribution in [1.82, 2.24) is 5.48 Å². The Hall–Kier alpha value is -1.79. The second-order valence-electron chi connectivity index (χ2n) is 3.03. The number of carbonyl (C=O) groups is 2. The first-order valence-corrected chi connectivity index (χ1v) is 5.14. The van der Waals surface area contributed by atoms with E-state index < -0.39 is 12.1 Å². The van der Waals surface area contributed by atoms with Crippen molar-refractivity contribution in [3.8, 4) is 0 Å². The monoisotopic (exact) mass is 258 g/mol. The lowest BCUT2D eigenvalue weighted by molar-refractivity contribution is -0.137. The number of para-hydroxylation sites is 1. The van der Waals surface area contributed by atoms with Crippen molar-refractivity contribution < 1.29 is 19.5 Å². The molecule has 1 aromatic carbocycles. The van der Waals surface area contributed by atoms with Gasteiger partial charge in [0.25, 0.3) is 0 Å². The Bertz CT molecular complexity index is 411. The summed E-state index contributed by atoms with van der Waals surface area (Å²) in [5.74, 6) is -0.754. The van der Waals surface area contributed by atoms with Crippen LogP contribution in [-0.2, 0) is 9.53 Å². The molecule has 0 fully saturated rings. The summed E-state index contributed by atoms with van der Waals surface area (Å²) in [5, 5.41) is 11.6. The second kappa shape index (κ2) is 6.72. The van der Waals surface area contributed by atoms with Crippen molar-refractivity contribution in [3.63, 3.8) is 0 Å². The third-order valence-electron chi connectivity index (χ3n) is 1.82. The lowest BCUT2D eigenvalue weighted by Gasteiger charge is -2.07. The lowest BCUT2D eigenvalue weighted by atomic mass is 10.3. The number of ether oxygens (including phenoxy) is 1. The number of rotatable bonds is 4. The third kappa shape index (κ3) is 4.71. The maximum Gasteiger partial charge on any atom is 0.438 e. The summed E-state index contributed by atoms with van der Waals surface area (Å²) in [6.07, 6.45) is -1.23. The molecule has 0 heterocycles. The van der Waals surface area contributed by atoms with E-state index in [1.807, 2.05) is 0 Å². The number of benzene rings is 1. The molecule has 0 bridgehead atoms. The SMILES string of the molecule is O=C(CCNc1ccccc1Cl)OC(=O)NO. The number of carbonyl (C=O) groups excluding carboxylic acids is 2. The predicted molar refractivity (Wildman–Crippen MR) is 61.0 cm³/mol. The molecule has 0 spiro atoms. The van der Waals surface area contributed by atoms with Gasteiger partial charge in [-0.15, -0.1) is 0 Å². The zero-order chi connectivity index (χ0) is 12.7. The molecule has 0 unspecified atom stereocenters. The van der Waals surface area contributed by atoms with Crippen LogP contribution in [0.15, 0.2) is 24.3 Å². The number of anilines is 1. The fraction of sp³-hybridized carbons (Fsp3) is 0.200. The molecule has 0 aliphatic rings. The molecule has 1 aromatic rings. The van der Waals surface area contributed by atoms with Crippen LogP contribution in [0.2, 0.25) is 5.02 Å². The standard InChI is InChI=1S/C10H11ClN2O4/c11-7-3-1-2-4-8(7)12-6-5-9(14)17-10(15)13-16/h1-4,12,16H,5-6H2,(H,13,15). The molecular formula is C10H11ClN2O4. The van der Waals surface area contributed by atoms with E-state index in [2.05, 4.69) is 10.1 Å². The molecule has 0 aromatic heterocycles. The lowest BCUT2D eigenvalue weighted by Crippen LogP contribution is -2.24. The number of hydrogen-bond acceptors (Lipinski definition) is 5. The Balaban J connectivity index is 2.31. The highest BCUT2D eigenvalue weighted by Crippen LogP contribution is 2.20. The molecule has 0 aliphatic heterocycles. The molecule has 0 atom stereocenters. The van der Waals surface area contributed by atoms with Gasteiger partial charge in [-0.1, -0.05) is 23.7 Å². The van der Waals surface area contributed by atoms with Gasteiger partial charge in [0.2, 0.25) is 0 Å². The topological polar surface area (TPSA) is 87.7 Å². The van der Waals surface area contributed by atoms with E-state index in [-0.39, 0.29) is 13.0 Å². The molecular weight excluding hydrogens is 248 g/mol. The van der Waals surface area contributed by atoms with Crippen LogP contribution in [0.4, 0.5) is 10.5 Å². The Morgan fingerprint density at radius 3 is 2.71 bits per heavy atom. The highest BCUT2D eigenvalue weighted by molar-refractivity contribution is 6.33. The van der Waals surface area contributed by atoms with Gasteiger partial charge >= 0.3 is 12.1 Å². The number of nitrogens with one attached hydrogen (secondary N) is 2. The van der Waals surface area contributed by atoms with Crippen molar-refractivity contribution in [1.29, 1.82) is 0 Å². The highest BCUT2D eigenvalue weighted by Gasteiger charge is 2.08. The summed E-state index contributed by atoms with van der Waals surface area (Å²) in [6.45, 7) is 0.265. The van der Waals surface area contributed by atoms with E-state index in [1.54, 1.807) is 24.3 Å². The summed E-state index contributed by atoms with van der Waals surface area (Å²) in [7, 11) is 0. The Kier molecular flexibility index (Phi) is 5.25. The van der Waals surface area contributed by atoms with Crippen molar-refractivity contribution in [3.05, 3.63) is 29.3 Å². The zero-order valence-electron chi connectivity index (χ0n) is 8.77. The van der Waals surface area contributed by atoms with Gasteiger partial charge < -0.3 is 10.1 Å². The molecule has 0 radical (unpaired) electrons. The number of hydrogen-bond donors (Lipinski definition) is 3. The van der Waals surface area contributed by atoms with Gasteiger partial charge in [0.05, 0.1) is 17.1 Å². The minimum Gasteiger partial charge on any atom is -0.383 e. The molecule has 3 N–H and O–H groups in total. The Labute approximate surface area is 102 Å². The predicted octanol–water partition coefficient (Wildman–Crippen LogP) is 1.78. The number of hydroxylamine groups is 1. The van der Waals surface area contributed by atoms with Gasteiger partial charge in [-0.25, -0.2) is 10.3 Å². The number of amides is 1. The summed E-state index contributed by atoms with van der Waals surface area (Å²) in [6, 6.07) is 7.05. The van der Waals surface area contributed by atoms with E-state index in [1.165, 1.54) is 5.48 Å². The van der Waals surface area contributed by atoms with E-state index in [0.29, 0.717) is 10.7 Å². The summed E-state index contributed by atoms with van der Waals surface area (Å²) < 4.78 is 4.16. The van der Waals surface area contributed by atoms with Crippen molar-refractivity contribution in [2.45, 2.75) is 6.42 Å². The molecule has 1 amide bonds. The van der Waals surface area contributed by atoms with Crippen molar-refractivity contribution >= 4 is 29.4 Å². The fourth-order valence-corrected chi connectivity index (χ4v) is 1.28. The number of esters is 1. The molecule has 0 saturated heterocycles. The third-order valence-corrected chi connectivity index (χ3v) is 2.15. The van der Waals surface area contributed by atoms with Crippen LogP contribution in [0.25, 0.3) is 0 Å². The van der Waals surface area contributed by atoms with Gasteiger partial charge in [0.15, 0.2) is 0 Å². The first-order valence-electron chi connectivity index (χ1n) is 4.76. The minimum absolute atomic E-state index is 0.0291. The molecule has 6 nitrogen and oxygen atoms in total. The Morgan fingerprint density at radius 1 is 1.35 bits per heavy atom. The quantitative estimate of drug-likeness (QED) is 0.332. The Morgan fingerprint density at radius 2 is 2.06 bits per heavy atom. The first-order chi connectivity index (χ1) is 8.13. The van der Waals surface area contributed by atoms with Crippen molar-refractivity contribution in [2.24, 2.45) is 0 Å². The van der Waals surface area contributed by atoms with Crippen LogP contribution in [0, 0.1) is 0 Å². The molecule has 0 saturated carbocycles. The van der Waals surface area contributed by atoms with Gasteiger partial charge in [0.1, 0.15) is 0 Å². The van der Waals surface area contributed by atoms with Gasteiger partial charge in [0, 0.05) is 6.54 Å². The van der Waals surface area contributed by atoms with E-state index in [0.717, 1.165) is 0 Å². The van der Waals surface area contributed by atoms with E-state index in [4.69, 9.17) is 16.8 Å². The molecule has 92 valence electrons. The van der Waals surface area contributed by atoms with Gasteiger partial charge in [-0.3, -0.25) is 10.0 Å². The maximum atomic E-state index is 11.0. The summed E-state index contributed by atoms with van der Waals surface area (Å²) >= 11 is 5.87. The highest BCUT2D eigenvalue weighted by atomic mass is 35.5. The van der Waals surface area contributed by atoms with Crippen LogP contribution in [-0.4, -0.2) is 23.8 Å². The fourth-order valence-electron chi connectivity index (χ4n) is 1.08. The normalized spacial score (nSPS) is 9.53. The van der Waals surface area contributed by atoms with Crippen LogP contribution in [0.5, 0.6) is 0 Å². The largest absolute Gasteiger partial charge is 0.438 e. The zero-order valence-corrected chi connectivity index (χ0v) is 9.53. The molecule has 7 heteroatoms. The van der Waals surface area contributed by atoms with Gasteiger partial charge in [-0.05, 0) is 12.1 Å². The van der Waals surface area contributed by atoms with Crippen LogP contribution < -0.4 is 10.8 Å². The van der Waals surface area contributed by atoms with Crippen molar-refractivity contribution in [2.75, 3.05) is 11.9 Å². The maximum absolute atomic E-state index is 11.0. The average Bonchev–Trinajstić information content (AvgIpc) is 2.31. The number of halogens is 1. The van der Waals surface area contributed by atoms with Crippen LogP contribution in [0.3, 0.4) is 0 Å². The second-order valence-corrected chi connectivity index (χ2v) is 3.44. The van der Waals surface area contributed by atoms with E-state index in [9.17, 15) is 9.59 Å². The van der Waals surface area contributed by atoms with E-state index >= 15 is 0 Å². The minimum atomic E-state index is -1.20.